The van der Waals surface area contributed by atoms with Gasteiger partial charge in [0.15, 0.2) is 0 Å². The summed E-state index contributed by atoms with van der Waals surface area (Å²) in [6, 6.07) is -0.260. The average Bonchev–Trinajstić information content (AvgIpc) is 2.87. The maximum absolute atomic E-state index is 12.0. The number of morpholine rings is 1. The molecule has 1 aromatic heterocycles. The summed E-state index contributed by atoms with van der Waals surface area (Å²) in [6.07, 6.45) is 1.59. The van der Waals surface area contributed by atoms with E-state index in [1.807, 2.05) is 13.8 Å². The minimum Gasteiger partial charge on any atom is -0.378 e. The molecule has 1 saturated heterocycles. The van der Waals surface area contributed by atoms with Crippen LogP contribution in [0.2, 0.25) is 0 Å². The molecule has 0 aromatic carbocycles. The van der Waals surface area contributed by atoms with Crippen molar-refractivity contribution in [3.05, 3.63) is 17.0 Å². The van der Waals surface area contributed by atoms with E-state index in [1.54, 1.807) is 0 Å². The normalized spacial score (nSPS) is 19.4. The van der Waals surface area contributed by atoms with Crippen molar-refractivity contribution in [3.8, 4) is 0 Å². The quantitative estimate of drug-likeness (QED) is 0.808. The second kappa shape index (κ2) is 6.68. The Morgan fingerprint density at radius 1 is 1.47 bits per heavy atom. The van der Waals surface area contributed by atoms with Crippen molar-refractivity contribution in [2.45, 2.75) is 39.3 Å². The molecule has 0 aliphatic carbocycles. The maximum Gasteiger partial charge on any atom is 0.239 e. The first-order valence-electron chi connectivity index (χ1n) is 6.81. The predicted molar refractivity (Wildman–Crippen MR) is 69.7 cm³/mol. The van der Waals surface area contributed by atoms with Gasteiger partial charge in [-0.2, -0.15) is 0 Å². The molecule has 0 bridgehead atoms. The van der Waals surface area contributed by atoms with Gasteiger partial charge in [0, 0.05) is 25.1 Å². The van der Waals surface area contributed by atoms with Crippen LogP contribution in [0.1, 0.15) is 30.9 Å². The molecule has 1 amide bonds. The van der Waals surface area contributed by atoms with Crippen molar-refractivity contribution >= 4 is 5.91 Å². The van der Waals surface area contributed by atoms with Crippen molar-refractivity contribution in [3.63, 3.8) is 0 Å². The minimum absolute atomic E-state index is 0.0370. The highest BCUT2D eigenvalue weighted by Gasteiger charge is 2.22. The van der Waals surface area contributed by atoms with Gasteiger partial charge in [0.05, 0.1) is 18.9 Å². The molecule has 1 aromatic rings. The molecule has 2 heterocycles. The van der Waals surface area contributed by atoms with Gasteiger partial charge in [0.2, 0.25) is 5.91 Å². The molecule has 0 spiro atoms. The molecular formula is C13H21N3O3. The number of amides is 1. The third-order valence-corrected chi connectivity index (χ3v) is 3.28. The molecule has 1 fully saturated rings. The molecule has 1 atom stereocenters. The number of ether oxygens (including phenoxy) is 1. The van der Waals surface area contributed by atoms with Gasteiger partial charge in [-0.1, -0.05) is 19.0 Å². The number of aromatic nitrogens is 1. The van der Waals surface area contributed by atoms with Crippen LogP contribution in [0, 0.1) is 0 Å². The molecule has 6 nitrogen and oxygen atoms in total. The number of carbonyl (C=O) groups is 1. The third kappa shape index (κ3) is 3.33. The molecule has 6 heteroatoms. The number of hydrogen-bond donors (Lipinski definition) is 2. The summed E-state index contributed by atoms with van der Waals surface area (Å²) in [5.41, 5.74) is 1.93. The minimum atomic E-state index is -0.260. The number of carbonyl (C=O) groups excluding carboxylic acids is 1. The smallest absolute Gasteiger partial charge is 0.239 e. The molecule has 1 unspecified atom stereocenters. The van der Waals surface area contributed by atoms with Crippen LogP contribution in [0.5, 0.6) is 0 Å². The van der Waals surface area contributed by atoms with Gasteiger partial charge < -0.3 is 19.9 Å². The average molecular weight is 267 g/mol. The molecule has 1 aliphatic heterocycles. The van der Waals surface area contributed by atoms with E-state index in [2.05, 4.69) is 15.8 Å². The molecule has 0 radical (unpaired) electrons. The van der Waals surface area contributed by atoms with Gasteiger partial charge in [-0.05, 0) is 6.42 Å². The highest BCUT2D eigenvalue weighted by molar-refractivity contribution is 5.82. The molecule has 1 aliphatic rings. The van der Waals surface area contributed by atoms with Gasteiger partial charge in [-0.25, -0.2) is 0 Å². The Morgan fingerprint density at radius 3 is 2.95 bits per heavy atom. The molecule has 106 valence electrons. The fraction of sp³-hybridized carbons (Fsp3) is 0.692. The van der Waals surface area contributed by atoms with Crippen LogP contribution in [-0.2, 0) is 28.9 Å². The highest BCUT2D eigenvalue weighted by atomic mass is 16.5. The van der Waals surface area contributed by atoms with Gasteiger partial charge in [0.25, 0.3) is 0 Å². The summed E-state index contributed by atoms with van der Waals surface area (Å²) in [6.45, 7) is 6.31. The first-order chi connectivity index (χ1) is 9.26. The number of nitrogens with zero attached hydrogens (tertiary/aromatic N) is 1. The zero-order chi connectivity index (χ0) is 13.7. The van der Waals surface area contributed by atoms with Crippen LogP contribution in [0.3, 0.4) is 0 Å². The molecular weight excluding hydrogens is 246 g/mol. The lowest BCUT2D eigenvalue weighted by Crippen LogP contribution is -2.51. The van der Waals surface area contributed by atoms with Crippen molar-refractivity contribution in [2.75, 3.05) is 19.8 Å². The molecule has 2 rings (SSSR count). The van der Waals surface area contributed by atoms with Gasteiger partial charge in [0.1, 0.15) is 11.8 Å². The van der Waals surface area contributed by atoms with E-state index in [-0.39, 0.29) is 11.9 Å². The number of rotatable bonds is 5. The molecule has 19 heavy (non-hydrogen) atoms. The zero-order valence-electron chi connectivity index (χ0n) is 11.5. The summed E-state index contributed by atoms with van der Waals surface area (Å²) in [5, 5.41) is 10.1. The maximum atomic E-state index is 12.0. The summed E-state index contributed by atoms with van der Waals surface area (Å²) >= 11 is 0. The fourth-order valence-corrected chi connectivity index (χ4v) is 2.17. The zero-order valence-corrected chi connectivity index (χ0v) is 11.5. The van der Waals surface area contributed by atoms with Gasteiger partial charge >= 0.3 is 0 Å². The van der Waals surface area contributed by atoms with Crippen molar-refractivity contribution in [1.29, 1.82) is 0 Å². The number of nitrogens with one attached hydrogen (secondary N) is 2. The second-order valence-electron chi connectivity index (χ2n) is 4.54. The number of aryl methyl sites for hydroxylation is 2. The van der Waals surface area contributed by atoms with Crippen LogP contribution >= 0.6 is 0 Å². The van der Waals surface area contributed by atoms with Crippen molar-refractivity contribution in [2.24, 2.45) is 0 Å². The summed E-state index contributed by atoms with van der Waals surface area (Å²) in [7, 11) is 0. The molecule has 0 saturated carbocycles. The SMILES string of the molecule is CCc1noc(CC)c1CNC(=O)C1COCCN1. The number of hydrogen-bond acceptors (Lipinski definition) is 5. The predicted octanol–water partition coefficient (Wildman–Crippen LogP) is 0.404. The largest absolute Gasteiger partial charge is 0.378 e. The monoisotopic (exact) mass is 267 g/mol. The van der Waals surface area contributed by atoms with Crippen LogP contribution < -0.4 is 10.6 Å². The van der Waals surface area contributed by atoms with E-state index in [0.717, 1.165) is 29.9 Å². The lowest BCUT2D eigenvalue weighted by Gasteiger charge is -2.22. The van der Waals surface area contributed by atoms with E-state index >= 15 is 0 Å². The van der Waals surface area contributed by atoms with E-state index in [0.29, 0.717) is 26.3 Å². The summed E-state index contributed by atoms with van der Waals surface area (Å²) < 4.78 is 10.5. The van der Waals surface area contributed by atoms with Crippen molar-refractivity contribution < 1.29 is 14.1 Å². The Morgan fingerprint density at radius 2 is 2.32 bits per heavy atom. The Labute approximate surface area is 112 Å². The standard InChI is InChI=1S/C13H21N3O3/c1-3-10-9(12(4-2)19-16-10)7-15-13(17)11-8-18-6-5-14-11/h11,14H,3-8H2,1-2H3,(H,15,17). The van der Waals surface area contributed by atoms with Crippen LogP contribution in [-0.4, -0.2) is 36.9 Å². The molecule has 2 N–H and O–H groups in total. The van der Waals surface area contributed by atoms with E-state index in [1.165, 1.54) is 0 Å². The van der Waals surface area contributed by atoms with E-state index in [9.17, 15) is 4.79 Å². The second-order valence-corrected chi connectivity index (χ2v) is 4.54. The lowest BCUT2D eigenvalue weighted by atomic mass is 10.1. The topological polar surface area (TPSA) is 76.4 Å². The first-order valence-corrected chi connectivity index (χ1v) is 6.81. The third-order valence-electron chi connectivity index (χ3n) is 3.28. The first kappa shape index (κ1) is 14.0. The van der Waals surface area contributed by atoms with Crippen LogP contribution in [0.15, 0.2) is 4.52 Å². The van der Waals surface area contributed by atoms with Gasteiger partial charge in [-0.15, -0.1) is 0 Å². The Hall–Kier alpha value is -1.40. The van der Waals surface area contributed by atoms with Crippen LogP contribution in [0.4, 0.5) is 0 Å². The Bertz CT molecular complexity index is 403. The highest BCUT2D eigenvalue weighted by Crippen LogP contribution is 2.15. The van der Waals surface area contributed by atoms with Gasteiger partial charge in [-0.3, -0.25) is 4.79 Å². The summed E-state index contributed by atoms with van der Waals surface area (Å²) in [4.78, 5) is 12.0. The summed E-state index contributed by atoms with van der Waals surface area (Å²) in [5.74, 6) is 0.815. The van der Waals surface area contributed by atoms with Crippen molar-refractivity contribution in [1.82, 2.24) is 15.8 Å². The van der Waals surface area contributed by atoms with E-state index in [4.69, 9.17) is 9.26 Å². The van der Waals surface area contributed by atoms with Crippen LogP contribution in [0.25, 0.3) is 0 Å². The fourth-order valence-electron chi connectivity index (χ4n) is 2.17. The Balaban J connectivity index is 1.94. The lowest BCUT2D eigenvalue weighted by molar-refractivity contribution is -0.126. The van der Waals surface area contributed by atoms with E-state index < -0.39 is 0 Å². The Kier molecular flexibility index (Phi) is 4.93.